The Morgan fingerprint density at radius 3 is 2.59 bits per heavy atom. The number of carbonyl (C=O) groups is 1. The van der Waals surface area contributed by atoms with Crippen molar-refractivity contribution in [3.63, 3.8) is 0 Å². The van der Waals surface area contributed by atoms with E-state index in [0.717, 1.165) is 26.2 Å². The summed E-state index contributed by atoms with van der Waals surface area (Å²) in [6, 6.07) is 0.0294. The van der Waals surface area contributed by atoms with Crippen LogP contribution in [0.2, 0.25) is 0 Å². The molecule has 0 bridgehead atoms. The SMILES string of the molecule is COCCN(C)CCN1CC(N)CC1=O.Cl.Cl. The molecule has 17 heavy (non-hydrogen) atoms. The zero-order valence-electron chi connectivity index (χ0n) is 10.4. The molecule has 0 aromatic heterocycles. The molecule has 5 nitrogen and oxygen atoms in total. The first-order valence-electron chi connectivity index (χ1n) is 5.34. The van der Waals surface area contributed by atoms with E-state index < -0.39 is 0 Å². The number of likely N-dealkylation sites (tertiary alicyclic amines) is 1. The number of hydrogen-bond donors (Lipinski definition) is 1. The van der Waals surface area contributed by atoms with Crippen LogP contribution >= 0.6 is 24.8 Å². The fraction of sp³-hybridized carbons (Fsp3) is 0.900. The highest BCUT2D eigenvalue weighted by Gasteiger charge is 2.26. The lowest BCUT2D eigenvalue weighted by molar-refractivity contribution is -0.127. The molecule has 1 rings (SSSR count). The zero-order chi connectivity index (χ0) is 11.3. The van der Waals surface area contributed by atoms with Crippen LogP contribution in [-0.4, -0.2) is 68.7 Å². The summed E-state index contributed by atoms with van der Waals surface area (Å²) in [6.07, 6.45) is 0.502. The number of ether oxygens (including phenoxy) is 1. The minimum Gasteiger partial charge on any atom is -0.383 e. The zero-order valence-corrected chi connectivity index (χ0v) is 12.1. The van der Waals surface area contributed by atoms with Gasteiger partial charge in [-0.3, -0.25) is 4.79 Å². The maximum atomic E-state index is 11.4. The fourth-order valence-electron chi connectivity index (χ4n) is 1.67. The van der Waals surface area contributed by atoms with Gasteiger partial charge < -0.3 is 20.3 Å². The van der Waals surface area contributed by atoms with E-state index in [0.29, 0.717) is 13.0 Å². The monoisotopic (exact) mass is 287 g/mol. The molecule has 7 heteroatoms. The summed E-state index contributed by atoms with van der Waals surface area (Å²) in [5.41, 5.74) is 5.71. The fourth-order valence-corrected chi connectivity index (χ4v) is 1.67. The van der Waals surface area contributed by atoms with Crippen molar-refractivity contribution in [1.82, 2.24) is 9.80 Å². The minimum atomic E-state index is 0. The average Bonchev–Trinajstić information content (AvgIpc) is 2.51. The largest absolute Gasteiger partial charge is 0.383 e. The van der Waals surface area contributed by atoms with Crippen LogP contribution < -0.4 is 5.73 Å². The van der Waals surface area contributed by atoms with Gasteiger partial charge in [-0.05, 0) is 7.05 Å². The summed E-state index contributed by atoms with van der Waals surface area (Å²) in [6.45, 7) is 3.97. The molecule has 2 N–H and O–H groups in total. The number of hydrogen-bond acceptors (Lipinski definition) is 4. The molecule has 0 aromatic carbocycles. The van der Waals surface area contributed by atoms with Crippen molar-refractivity contribution in [3.05, 3.63) is 0 Å². The van der Waals surface area contributed by atoms with E-state index in [1.807, 2.05) is 11.9 Å². The Kier molecular flexibility index (Phi) is 11.2. The Labute approximate surface area is 115 Å². The van der Waals surface area contributed by atoms with E-state index in [-0.39, 0.29) is 36.8 Å². The third-order valence-electron chi connectivity index (χ3n) is 2.67. The molecule has 1 saturated heterocycles. The summed E-state index contributed by atoms with van der Waals surface area (Å²) >= 11 is 0. The number of likely N-dealkylation sites (N-methyl/N-ethyl adjacent to an activating group) is 1. The molecule has 1 atom stereocenters. The third-order valence-corrected chi connectivity index (χ3v) is 2.67. The topological polar surface area (TPSA) is 58.8 Å². The number of halogens is 2. The van der Waals surface area contributed by atoms with Crippen molar-refractivity contribution in [2.75, 3.05) is 46.9 Å². The van der Waals surface area contributed by atoms with Gasteiger partial charge in [0.15, 0.2) is 0 Å². The predicted octanol–water partition coefficient (Wildman–Crippen LogP) is -0.0322. The predicted molar refractivity (Wildman–Crippen MR) is 73.0 cm³/mol. The van der Waals surface area contributed by atoms with Gasteiger partial charge in [0.25, 0.3) is 0 Å². The van der Waals surface area contributed by atoms with Crippen molar-refractivity contribution in [1.29, 1.82) is 0 Å². The molecule has 0 spiro atoms. The highest BCUT2D eigenvalue weighted by Crippen LogP contribution is 2.08. The molecule has 1 aliphatic heterocycles. The summed E-state index contributed by atoms with van der Waals surface area (Å²) in [7, 11) is 3.72. The van der Waals surface area contributed by atoms with Crippen molar-refractivity contribution in [2.24, 2.45) is 5.73 Å². The van der Waals surface area contributed by atoms with Crippen molar-refractivity contribution >= 4 is 30.7 Å². The van der Waals surface area contributed by atoms with Crippen LogP contribution in [0.25, 0.3) is 0 Å². The Morgan fingerprint density at radius 2 is 2.12 bits per heavy atom. The van der Waals surface area contributed by atoms with Gasteiger partial charge >= 0.3 is 0 Å². The molecule has 1 aliphatic rings. The Morgan fingerprint density at radius 1 is 1.47 bits per heavy atom. The van der Waals surface area contributed by atoms with Gasteiger partial charge in [-0.15, -0.1) is 24.8 Å². The number of nitrogens with zero attached hydrogens (tertiary/aromatic N) is 2. The molecule has 0 saturated carbocycles. The highest BCUT2D eigenvalue weighted by molar-refractivity contribution is 5.85. The van der Waals surface area contributed by atoms with E-state index in [9.17, 15) is 4.79 Å². The summed E-state index contributed by atoms with van der Waals surface area (Å²) in [5.74, 6) is 0.183. The Balaban J connectivity index is 0. The lowest BCUT2D eigenvalue weighted by Gasteiger charge is -2.21. The van der Waals surface area contributed by atoms with Crippen LogP contribution in [0.5, 0.6) is 0 Å². The van der Waals surface area contributed by atoms with E-state index >= 15 is 0 Å². The molecule has 104 valence electrons. The van der Waals surface area contributed by atoms with Crippen LogP contribution in [0, 0.1) is 0 Å². The maximum absolute atomic E-state index is 11.4. The second kappa shape index (κ2) is 9.91. The summed E-state index contributed by atoms with van der Waals surface area (Å²) in [5, 5.41) is 0. The van der Waals surface area contributed by atoms with Gasteiger partial charge in [-0.1, -0.05) is 0 Å². The lowest BCUT2D eigenvalue weighted by Crippen LogP contribution is -2.36. The molecular formula is C10H23Cl2N3O2. The molecular weight excluding hydrogens is 265 g/mol. The molecule has 1 heterocycles. The standard InChI is InChI=1S/C10H21N3O2.2ClH/c1-12(5-6-15-2)3-4-13-8-9(11)7-10(13)14;;/h9H,3-8,11H2,1-2H3;2*1H. The van der Waals surface area contributed by atoms with Crippen LogP contribution in [0.3, 0.4) is 0 Å². The van der Waals surface area contributed by atoms with E-state index in [2.05, 4.69) is 4.90 Å². The first-order chi connectivity index (χ1) is 7.13. The van der Waals surface area contributed by atoms with E-state index in [4.69, 9.17) is 10.5 Å². The molecule has 1 amide bonds. The summed E-state index contributed by atoms with van der Waals surface area (Å²) < 4.78 is 4.98. The van der Waals surface area contributed by atoms with Gasteiger partial charge in [0.05, 0.1) is 6.61 Å². The molecule has 0 radical (unpaired) electrons. The first-order valence-corrected chi connectivity index (χ1v) is 5.34. The van der Waals surface area contributed by atoms with Crippen molar-refractivity contribution < 1.29 is 9.53 Å². The van der Waals surface area contributed by atoms with Crippen molar-refractivity contribution in [2.45, 2.75) is 12.5 Å². The lowest BCUT2D eigenvalue weighted by atomic mass is 10.3. The van der Waals surface area contributed by atoms with Crippen LogP contribution in [0.4, 0.5) is 0 Å². The van der Waals surface area contributed by atoms with Crippen LogP contribution in [-0.2, 0) is 9.53 Å². The third kappa shape index (κ3) is 7.06. The normalized spacial score (nSPS) is 19.2. The second-order valence-corrected chi connectivity index (χ2v) is 4.10. The second-order valence-electron chi connectivity index (χ2n) is 4.10. The van der Waals surface area contributed by atoms with Crippen LogP contribution in [0.15, 0.2) is 0 Å². The van der Waals surface area contributed by atoms with E-state index in [1.54, 1.807) is 7.11 Å². The maximum Gasteiger partial charge on any atom is 0.224 e. The number of rotatable bonds is 6. The number of methoxy groups -OCH3 is 1. The molecule has 1 fully saturated rings. The number of carbonyl (C=O) groups excluding carboxylic acids is 1. The van der Waals surface area contributed by atoms with Gasteiger partial charge in [-0.25, -0.2) is 0 Å². The van der Waals surface area contributed by atoms with Crippen molar-refractivity contribution in [3.8, 4) is 0 Å². The average molecular weight is 288 g/mol. The number of nitrogens with two attached hydrogens (primary N) is 1. The number of amides is 1. The molecule has 0 aromatic rings. The first kappa shape index (κ1) is 19.3. The molecule has 0 aliphatic carbocycles. The van der Waals surface area contributed by atoms with Gasteiger partial charge in [0, 0.05) is 45.8 Å². The van der Waals surface area contributed by atoms with Crippen LogP contribution in [0.1, 0.15) is 6.42 Å². The van der Waals surface area contributed by atoms with E-state index in [1.165, 1.54) is 0 Å². The smallest absolute Gasteiger partial charge is 0.224 e. The Hall–Kier alpha value is -0.0700. The highest BCUT2D eigenvalue weighted by atomic mass is 35.5. The van der Waals surface area contributed by atoms with Gasteiger partial charge in [0.2, 0.25) is 5.91 Å². The van der Waals surface area contributed by atoms with Gasteiger partial charge in [-0.2, -0.15) is 0 Å². The molecule has 1 unspecified atom stereocenters. The van der Waals surface area contributed by atoms with Gasteiger partial charge in [0.1, 0.15) is 0 Å². The quantitative estimate of drug-likeness (QED) is 0.745. The Bertz CT molecular complexity index is 220. The minimum absolute atomic E-state index is 0. The summed E-state index contributed by atoms with van der Waals surface area (Å²) in [4.78, 5) is 15.4.